The van der Waals surface area contributed by atoms with Crippen molar-refractivity contribution in [2.45, 2.75) is 123 Å². The highest BCUT2D eigenvalue weighted by Gasteiger charge is 2.46. The van der Waals surface area contributed by atoms with Crippen molar-refractivity contribution >= 4 is 35.3 Å². The topological polar surface area (TPSA) is 203 Å². The van der Waals surface area contributed by atoms with Gasteiger partial charge in [-0.1, -0.05) is 76.6 Å². The van der Waals surface area contributed by atoms with E-state index in [-0.39, 0.29) is 31.7 Å². The van der Waals surface area contributed by atoms with Crippen molar-refractivity contribution in [2.75, 3.05) is 26.3 Å². The summed E-state index contributed by atoms with van der Waals surface area (Å²) >= 11 is 0. The second kappa shape index (κ2) is 20.1. The number of ether oxygens (including phenoxy) is 2. The summed E-state index contributed by atoms with van der Waals surface area (Å²) in [7, 11) is 0. The van der Waals surface area contributed by atoms with Crippen LogP contribution in [0, 0.1) is 5.41 Å². The van der Waals surface area contributed by atoms with Crippen LogP contribution in [0.1, 0.15) is 104 Å². The molecule has 1 fully saturated rings. The number of fused-ring (bicyclic) bond motifs is 11. The van der Waals surface area contributed by atoms with Gasteiger partial charge in [0.05, 0.1) is 37.4 Å². The van der Waals surface area contributed by atoms with Crippen molar-refractivity contribution in [2.24, 2.45) is 5.41 Å². The lowest BCUT2D eigenvalue weighted by molar-refractivity contribution is -0.145. The molecular formula is C44H60N8O8. The normalized spacial score (nSPS) is 20.2. The Morgan fingerprint density at radius 3 is 2.32 bits per heavy atom. The third-order valence-corrected chi connectivity index (χ3v) is 10.5. The average Bonchev–Trinajstić information content (AvgIpc) is 3.88. The summed E-state index contributed by atoms with van der Waals surface area (Å²) in [5.74, 6) is -2.75. The highest BCUT2D eigenvalue weighted by Crippen LogP contribution is 2.29. The number of aryl methyl sites for hydroxylation is 1. The third-order valence-electron chi connectivity index (χ3n) is 10.5. The van der Waals surface area contributed by atoms with E-state index in [0.717, 1.165) is 11.1 Å². The fourth-order valence-electron chi connectivity index (χ4n) is 7.32. The molecule has 16 nitrogen and oxygen atoms in total. The highest BCUT2D eigenvalue weighted by atomic mass is 16.5. The van der Waals surface area contributed by atoms with Gasteiger partial charge < -0.3 is 35.6 Å². The van der Waals surface area contributed by atoms with E-state index in [4.69, 9.17) is 9.47 Å². The van der Waals surface area contributed by atoms with Gasteiger partial charge in [-0.3, -0.25) is 28.8 Å². The summed E-state index contributed by atoms with van der Waals surface area (Å²) in [5, 5.41) is 15.4. The Bertz CT molecular complexity index is 1970. The predicted octanol–water partition coefficient (Wildman–Crippen LogP) is 3.14. The lowest BCUT2D eigenvalue weighted by atomic mass is 9.85. The van der Waals surface area contributed by atoms with Crippen LogP contribution in [0.15, 0.2) is 60.9 Å². The van der Waals surface area contributed by atoms with Crippen molar-refractivity contribution in [3.63, 3.8) is 0 Å². The lowest BCUT2D eigenvalue weighted by Crippen LogP contribution is -2.59. The molecule has 3 aliphatic rings. The van der Waals surface area contributed by atoms with Gasteiger partial charge in [0, 0.05) is 25.8 Å². The van der Waals surface area contributed by atoms with Crippen molar-refractivity contribution < 1.29 is 38.2 Å². The van der Waals surface area contributed by atoms with Crippen molar-refractivity contribution in [1.29, 1.82) is 0 Å². The van der Waals surface area contributed by atoms with E-state index in [2.05, 4.69) is 31.3 Å². The molecule has 5 amide bonds. The van der Waals surface area contributed by atoms with Crippen LogP contribution in [0.4, 0.5) is 0 Å². The van der Waals surface area contributed by atoms with Crippen LogP contribution in [0.3, 0.4) is 0 Å². The van der Waals surface area contributed by atoms with E-state index in [0.29, 0.717) is 44.1 Å². The molecule has 2 unspecified atom stereocenters. The van der Waals surface area contributed by atoms with Gasteiger partial charge in [0.15, 0.2) is 5.82 Å². The minimum absolute atomic E-state index is 0.0824. The molecule has 4 bridgehead atoms. The first kappa shape index (κ1) is 45.4. The van der Waals surface area contributed by atoms with Gasteiger partial charge in [-0.25, -0.2) is 9.67 Å². The van der Waals surface area contributed by atoms with Gasteiger partial charge >= 0.3 is 0 Å². The number of amides is 5. The molecule has 16 heteroatoms. The number of hydrogen-bond acceptors (Lipinski definition) is 10. The van der Waals surface area contributed by atoms with E-state index in [1.807, 2.05) is 103 Å². The maximum Gasteiger partial charge on any atom is 0.290 e. The molecule has 4 N–H and O–H groups in total. The molecule has 0 radical (unpaired) electrons. The number of carbonyl (C=O) groups excluding carboxylic acids is 6. The number of nitrogens with one attached hydrogen (secondary N) is 4. The van der Waals surface area contributed by atoms with Crippen LogP contribution in [0.25, 0.3) is 0 Å². The highest BCUT2D eigenvalue weighted by molar-refractivity contribution is 6.38. The SMILES string of the molecule is CCCC(NC(=O)[C@@H]1C[C@@H]2CN1C(=O)[C@H](C(C)(C)C)NC(=O)CCc1ccc(cc1)OCCCO2)C(=O)C(=O)NCC(=O)NC(c1ccccc1)c1ncnn1C(C)(C)C. The number of ketones is 1. The Morgan fingerprint density at radius 2 is 1.65 bits per heavy atom. The fourth-order valence-corrected chi connectivity index (χ4v) is 7.32. The monoisotopic (exact) mass is 828 g/mol. The van der Waals surface area contributed by atoms with E-state index < -0.39 is 77.2 Å². The Morgan fingerprint density at radius 1 is 0.933 bits per heavy atom. The third kappa shape index (κ3) is 12.0. The van der Waals surface area contributed by atoms with Gasteiger partial charge in [-0.15, -0.1) is 0 Å². The molecule has 6 rings (SSSR count). The molecule has 324 valence electrons. The van der Waals surface area contributed by atoms with Crippen molar-refractivity contribution in [3.8, 4) is 5.75 Å². The summed E-state index contributed by atoms with van der Waals surface area (Å²) in [5.41, 5.74) is 0.522. The summed E-state index contributed by atoms with van der Waals surface area (Å²) in [6.45, 7) is 13.5. The quantitative estimate of drug-likeness (QED) is 0.208. The molecule has 60 heavy (non-hydrogen) atoms. The van der Waals surface area contributed by atoms with Gasteiger partial charge in [-0.2, -0.15) is 5.10 Å². The molecule has 1 saturated heterocycles. The van der Waals surface area contributed by atoms with E-state index >= 15 is 0 Å². The largest absolute Gasteiger partial charge is 0.494 e. The summed E-state index contributed by atoms with van der Waals surface area (Å²) in [4.78, 5) is 87.9. The Balaban J connectivity index is 1.27. The number of Topliss-reactive ketones (excluding diaryl/α,β-unsaturated/α-hetero) is 1. The molecule has 1 aromatic heterocycles. The molecule has 0 spiro atoms. The Kier molecular flexibility index (Phi) is 15.2. The maximum absolute atomic E-state index is 14.4. The fraction of sp³-hybridized carbons (Fsp3) is 0.545. The van der Waals surface area contributed by atoms with E-state index in [1.165, 1.54) is 11.2 Å². The number of rotatable bonds is 11. The van der Waals surface area contributed by atoms with Crippen molar-refractivity contribution in [3.05, 3.63) is 77.9 Å². The second-order valence-electron chi connectivity index (χ2n) is 17.5. The van der Waals surface area contributed by atoms with Crippen LogP contribution in [0.5, 0.6) is 5.75 Å². The van der Waals surface area contributed by atoms with Gasteiger partial charge in [0.1, 0.15) is 30.2 Å². The first-order chi connectivity index (χ1) is 28.5. The zero-order valence-electron chi connectivity index (χ0n) is 35.8. The molecule has 0 saturated carbocycles. The first-order valence-electron chi connectivity index (χ1n) is 20.8. The molecule has 4 heterocycles. The van der Waals surface area contributed by atoms with E-state index in [1.54, 1.807) is 4.68 Å². The second-order valence-corrected chi connectivity index (χ2v) is 17.5. The van der Waals surface area contributed by atoms with Gasteiger partial charge in [-0.05, 0) is 62.3 Å². The van der Waals surface area contributed by atoms with Crippen LogP contribution >= 0.6 is 0 Å². The lowest BCUT2D eigenvalue weighted by Gasteiger charge is -2.35. The van der Waals surface area contributed by atoms with Crippen LogP contribution in [-0.2, 0) is 45.5 Å². The maximum atomic E-state index is 14.4. The predicted molar refractivity (Wildman–Crippen MR) is 222 cm³/mol. The molecule has 3 aliphatic heterocycles. The minimum Gasteiger partial charge on any atom is -0.494 e. The Hall–Kier alpha value is -5.64. The number of benzene rings is 2. The first-order valence-corrected chi connectivity index (χ1v) is 20.8. The molecule has 2 aromatic carbocycles. The number of aromatic nitrogens is 3. The van der Waals surface area contributed by atoms with Crippen LogP contribution < -0.4 is 26.0 Å². The molecule has 5 atom stereocenters. The minimum atomic E-state index is -1.23. The molecule has 0 aliphatic carbocycles. The molecular weight excluding hydrogens is 769 g/mol. The Labute approximate surface area is 351 Å². The van der Waals surface area contributed by atoms with Crippen molar-refractivity contribution in [1.82, 2.24) is 40.9 Å². The van der Waals surface area contributed by atoms with Crippen LogP contribution in [-0.4, -0.2) is 106 Å². The number of hydrogen-bond donors (Lipinski definition) is 4. The van der Waals surface area contributed by atoms with Gasteiger partial charge in [0.2, 0.25) is 29.4 Å². The smallest absolute Gasteiger partial charge is 0.290 e. The zero-order chi connectivity index (χ0) is 43.6. The number of carbonyl (C=O) groups is 6. The summed E-state index contributed by atoms with van der Waals surface area (Å²) in [6, 6.07) is 12.8. The summed E-state index contributed by atoms with van der Waals surface area (Å²) in [6.07, 6.45) is 2.78. The van der Waals surface area contributed by atoms with Gasteiger partial charge in [0.25, 0.3) is 5.91 Å². The van der Waals surface area contributed by atoms with Crippen LogP contribution in [0.2, 0.25) is 0 Å². The zero-order valence-corrected chi connectivity index (χ0v) is 35.8. The van der Waals surface area contributed by atoms with E-state index in [9.17, 15) is 28.8 Å². The number of nitrogens with zero attached hydrogens (tertiary/aromatic N) is 4. The molecule has 3 aromatic rings. The average molecular weight is 829 g/mol. The standard InChI is InChI=1S/C44H60N8O8/c1-8-13-32(37(55)41(57)45-25-35(54)49-36(29-14-10-9-11-15-29)39-46-27-47-52(39)44(5,6)7)48-40(56)33-24-31-26-51(33)42(58)38(43(2,3)4)50-34(53)21-18-28-16-19-30(20-17-28)59-22-12-23-60-31/h9-11,14-17,19-20,27,31-33,36,38H,8,12-13,18,21-26H2,1-7H3,(H,45,57)(H,48,56)(H,49,54)(H,50,53)/t31-,32?,33+,36?,38-/m1/s1. The summed E-state index contributed by atoms with van der Waals surface area (Å²) < 4.78 is 13.7.